The van der Waals surface area contributed by atoms with Crippen LogP contribution in [-0.4, -0.2) is 6.54 Å². The van der Waals surface area contributed by atoms with Crippen molar-refractivity contribution in [2.24, 2.45) is 0 Å². The minimum atomic E-state index is -4.71. The van der Waals surface area contributed by atoms with Crippen molar-refractivity contribution < 1.29 is 22.0 Å². The number of alkyl halides is 3. The Balaban J connectivity index is 2.32. The lowest BCUT2D eigenvalue weighted by atomic mass is 9.99. The van der Waals surface area contributed by atoms with E-state index in [0.29, 0.717) is 24.3 Å². The number of likely N-dealkylation sites (N-methyl/N-ethyl adjacent to an activating group) is 1. The van der Waals surface area contributed by atoms with Crippen molar-refractivity contribution in [2.45, 2.75) is 25.6 Å². The van der Waals surface area contributed by atoms with Crippen LogP contribution in [0, 0.1) is 5.82 Å². The van der Waals surface area contributed by atoms with Gasteiger partial charge in [0.05, 0.1) is 11.8 Å². The number of halogens is 4. The highest BCUT2D eigenvalue weighted by Gasteiger charge is 2.34. The van der Waals surface area contributed by atoms with Crippen molar-refractivity contribution in [3.8, 4) is 0 Å². The first-order chi connectivity index (χ1) is 9.91. The quantitative estimate of drug-likeness (QED) is 0.832. The fourth-order valence-electron chi connectivity index (χ4n) is 2.16. The maximum atomic E-state index is 13.3. The van der Waals surface area contributed by atoms with E-state index in [-0.39, 0.29) is 6.04 Å². The van der Waals surface area contributed by atoms with Crippen LogP contribution >= 0.6 is 0 Å². The molecule has 0 saturated heterocycles. The standard InChI is InChI=1S/C15H15F4NO/c1-2-20-14(9-11-4-3-7-21-11)10-5-6-13(16)12(8-10)15(17,18)19/h3-8,14,20H,2,9H2,1H3. The van der Waals surface area contributed by atoms with Crippen LogP contribution in [0.1, 0.15) is 29.9 Å². The molecule has 0 aliphatic carbocycles. The van der Waals surface area contributed by atoms with Crippen molar-refractivity contribution in [1.29, 1.82) is 0 Å². The fraction of sp³-hybridized carbons (Fsp3) is 0.333. The van der Waals surface area contributed by atoms with Crippen molar-refractivity contribution in [2.75, 3.05) is 6.54 Å². The molecule has 0 saturated carbocycles. The normalized spacial score (nSPS) is 13.4. The molecule has 2 aromatic rings. The summed E-state index contributed by atoms with van der Waals surface area (Å²) in [6.07, 6.45) is -2.81. The summed E-state index contributed by atoms with van der Waals surface area (Å²) in [5.41, 5.74) is -0.871. The smallest absolute Gasteiger partial charge is 0.419 e. The van der Waals surface area contributed by atoms with Gasteiger partial charge in [0.25, 0.3) is 0 Å². The van der Waals surface area contributed by atoms with Gasteiger partial charge in [-0.3, -0.25) is 0 Å². The van der Waals surface area contributed by atoms with E-state index in [1.165, 1.54) is 12.3 Å². The molecule has 0 aliphatic heterocycles. The third kappa shape index (κ3) is 3.85. The van der Waals surface area contributed by atoms with Crippen LogP contribution in [0.4, 0.5) is 17.6 Å². The Hall–Kier alpha value is -1.82. The third-order valence-corrected chi connectivity index (χ3v) is 3.13. The molecule has 1 N–H and O–H groups in total. The summed E-state index contributed by atoms with van der Waals surface area (Å²) in [5, 5.41) is 3.09. The lowest BCUT2D eigenvalue weighted by Crippen LogP contribution is -2.23. The topological polar surface area (TPSA) is 25.2 Å². The monoisotopic (exact) mass is 301 g/mol. The van der Waals surface area contributed by atoms with Gasteiger partial charge in [0.1, 0.15) is 11.6 Å². The Morgan fingerprint density at radius 2 is 2.00 bits per heavy atom. The number of hydrogen-bond acceptors (Lipinski definition) is 2. The molecular weight excluding hydrogens is 286 g/mol. The van der Waals surface area contributed by atoms with Gasteiger partial charge < -0.3 is 9.73 Å². The maximum Gasteiger partial charge on any atom is 0.419 e. The van der Waals surface area contributed by atoms with E-state index in [1.54, 1.807) is 12.1 Å². The van der Waals surface area contributed by atoms with E-state index >= 15 is 0 Å². The molecule has 0 radical (unpaired) electrons. The first-order valence-electron chi connectivity index (χ1n) is 6.54. The zero-order valence-corrected chi connectivity index (χ0v) is 11.4. The third-order valence-electron chi connectivity index (χ3n) is 3.13. The Bertz CT molecular complexity index is 578. The van der Waals surface area contributed by atoms with Gasteiger partial charge in [-0.05, 0) is 36.4 Å². The summed E-state index contributed by atoms with van der Waals surface area (Å²) in [6, 6.07) is 6.16. The van der Waals surface area contributed by atoms with Gasteiger partial charge in [0.2, 0.25) is 0 Å². The summed E-state index contributed by atoms with van der Waals surface area (Å²) in [5.74, 6) is -0.613. The number of benzene rings is 1. The molecular formula is C15H15F4NO. The van der Waals surface area contributed by atoms with Crippen LogP contribution in [0.3, 0.4) is 0 Å². The van der Waals surface area contributed by atoms with E-state index in [9.17, 15) is 17.6 Å². The van der Waals surface area contributed by atoms with Crippen LogP contribution in [-0.2, 0) is 12.6 Å². The Kier molecular flexibility index (Phi) is 4.67. The zero-order valence-electron chi connectivity index (χ0n) is 11.4. The van der Waals surface area contributed by atoms with Gasteiger partial charge in [-0.2, -0.15) is 13.2 Å². The molecule has 2 rings (SSSR count). The number of rotatable bonds is 5. The molecule has 114 valence electrons. The van der Waals surface area contributed by atoms with Gasteiger partial charge in [0.15, 0.2) is 0 Å². The Morgan fingerprint density at radius 1 is 1.24 bits per heavy atom. The Labute approximate surface area is 119 Å². The lowest BCUT2D eigenvalue weighted by Gasteiger charge is -2.19. The van der Waals surface area contributed by atoms with Gasteiger partial charge in [-0.15, -0.1) is 0 Å². The predicted molar refractivity (Wildman–Crippen MR) is 70.2 cm³/mol. The molecule has 1 unspecified atom stereocenters. The molecule has 0 aliphatic rings. The number of nitrogens with one attached hydrogen (secondary N) is 1. The summed E-state index contributed by atoms with van der Waals surface area (Å²) >= 11 is 0. The van der Waals surface area contributed by atoms with E-state index in [2.05, 4.69) is 5.32 Å². The van der Waals surface area contributed by atoms with Crippen molar-refractivity contribution >= 4 is 0 Å². The van der Waals surface area contributed by atoms with Crippen molar-refractivity contribution in [3.63, 3.8) is 0 Å². The summed E-state index contributed by atoms with van der Waals surface area (Å²) < 4.78 is 56.9. The minimum absolute atomic E-state index is 0.372. The predicted octanol–water partition coefficient (Wildman–Crippen LogP) is 4.33. The van der Waals surface area contributed by atoms with E-state index < -0.39 is 17.6 Å². The Morgan fingerprint density at radius 3 is 2.57 bits per heavy atom. The average molecular weight is 301 g/mol. The van der Waals surface area contributed by atoms with Crippen LogP contribution in [0.25, 0.3) is 0 Å². The van der Waals surface area contributed by atoms with Crippen LogP contribution in [0.5, 0.6) is 0 Å². The molecule has 0 spiro atoms. The highest BCUT2D eigenvalue weighted by Crippen LogP contribution is 2.33. The van der Waals surface area contributed by atoms with Crippen molar-refractivity contribution in [1.82, 2.24) is 5.32 Å². The molecule has 1 aromatic heterocycles. The molecule has 0 amide bonds. The molecule has 1 aromatic carbocycles. The van der Waals surface area contributed by atoms with E-state index in [4.69, 9.17) is 4.42 Å². The van der Waals surface area contributed by atoms with Crippen LogP contribution in [0.2, 0.25) is 0 Å². The zero-order chi connectivity index (χ0) is 15.5. The molecule has 0 fully saturated rings. The molecule has 1 atom stereocenters. The van der Waals surface area contributed by atoms with Gasteiger partial charge >= 0.3 is 6.18 Å². The molecule has 2 nitrogen and oxygen atoms in total. The highest BCUT2D eigenvalue weighted by atomic mass is 19.4. The summed E-state index contributed by atoms with van der Waals surface area (Å²) in [6.45, 7) is 2.42. The highest BCUT2D eigenvalue weighted by molar-refractivity contribution is 5.30. The lowest BCUT2D eigenvalue weighted by molar-refractivity contribution is -0.140. The molecule has 0 bridgehead atoms. The van der Waals surface area contributed by atoms with E-state index in [0.717, 1.165) is 12.1 Å². The van der Waals surface area contributed by atoms with Gasteiger partial charge in [-0.25, -0.2) is 4.39 Å². The largest absolute Gasteiger partial charge is 0.469 e. The number of furan rings is 1. The first-order valence-corrected chi connectivity index (χ1v) is 6.54. The van der Waals surface area contributed by atoms with Gasteiger partial charge in [0, 0.05) is 12.5 Å². The van der Waals surface area contributed by atoms with Gasteiger partial charge in [-0.1, -0.05) is 13.0 Å². The second-order valence-electron chi connectivity index (χ2n) is 4.63. The summed E-state index contributed by atoms with van der Waals surface area (Å²) in [7, 11) is 0. The number of hydrogen-bond donors (Lipinski definition) is 1. The van der Waals surface area contributed by atoms with E-state index in [1.807, 2.05) is 6.92 Å². The van der Waals surface area contributed by atoms with Crippen LogP contribution < -0.4 is 5.32 Å². The summed E-state index contributed by atoms with van der Waals surface area (Å²) in [4.78, 5) is 0. The first kappa shape index (κ1) is 15.6. The molecule has 6 heteroatoms. The van der Waals surface area contributed by atoms with Crippen LogP contribution in [0.15, 0.2) is 41.0 Å². The molecule has 1 heterocycles. The maximum absolute atomic E-state index is 13.3. The fourth-order valence-corrected chi connectivity index (χ4v) is 2.16. The van der Waals surface area contributed by atoms with Crippen molar-refractivity contribution in [3.05, 3.63) is 59.3 Å². The molecule has 21 heavy (non-hydrogen) atoms. The average Bonchev–Trinajstić information content (AvgIpc) is 2.90. The second kappa shape index (κ2) is 6.30. The minimum Gasteiger partial charge on any atom is -0.469 e. The second-order valence-corrected chi connectivity index (χ2v) is 4.63. The SMILES string of the molecule is CCNC(Cc1ccco1)c1ccc(F)c(C(F)(F)F)c1.